The van der Waals surface area contributed by atoms with E-state index >= 15 is 0 Å². The van der Waals surface area contributed by atoms with Crippen molar-refractivity contribution in [2.75, 3.05) is 0 Å². The molecule has 0 atom stereocenters. The molecule has 0 saturated heterocycles. The van der Waals surface area contributed by atoms with E-state index in [0.29, 0.717) is 11.5 Å². The van der Waals surface area contributed by atoms with Crippen molar-refractivity contribution in [2.45, 2.75) is 45.6 Å². The third-order valence-corrected chi connectivity index (χ3v) is 4.49. The predicted molar refractivity (Wildman–Crippen MR) is 81.8 cm³/mol. The summed E-state index contributed by atoms with van der Waals surface area (Å²) < 4.78 is 0. The van der Waals surface area contributed by atoms with Gasteiger partial charge in [-0.2, -0.15) is 0 Å². The van der Waals surface area contributed by atoms with Crippen LogP contribution in [0.2, 0.25) is 0 Å². The first kappa shape index (κ1) is 13.2. The van der Waals surface area contributed by atoms with Gasteiger partial charge in [0.1, 0.15) is 0 Å². The summed E-state index contributed by atoms with van der Waals surface area (Å²) in [6.07, 6.45) is 6.45. The molecule has 1 amide bonds. The molecule has 0 radical (unpaired) electrons. The van der Waals surface area contributed by atoms with Crippen molar-refractivity contribution in [3.8, 4) is 0 Å². The average molecular weight is 270 g/mol. The molecule has 3 rings (SSSR count). The first-order valence-electron chi connectivity index (χ1n) is 7.42. The van der Waals surface area contributed by atoms with Crippen molar-refractivity contribution < 1.29 is 4.79 Å². The molecule has 0 unspecified atom stereocenters. The SMILES string of the molecule is CC1(C)CCC(NC(=O)c2ccc3[nH]ccc3c2)CC1. The second-order valence-corrected chi connectivity index (χ2v) is 6.69. The lowest BCUT2D eigenvalue weighted by atomic mass is 9.75. The lowest BCUT2D eigenvalue weighted by Gasteiger charge is -2.34. The van der Waals surface area contributed by atoms with Crippen LogP contribution in [0.25, 0.3) is 10.9 Å². The number of carbonyl (C=O) groups is 1. The molecule has 1 saturated carbocycles. The standard InChI is InChI=1S/C17H22N2O/c1-17(2)8-5-14(6-9-17)19-16(20)13-3-4-15-12(11-13)7-10-18-15/h3-4,7,10-11,14,18H,5-6,8-9H2,1-2H3,(H,19,20). The van der Waals surface area contributed by atoms with Gasteiger partial charge in [0.05, 0.1) is 0 Å². The Morgan fingerprint density at radius 3 is 2.75 bits per heavy atom. The topological polar surface area (TPSA) is 44.9 Å². The number of hydrogen-bond donors (Lipinski definition) is 2. The van der Waals surface area contributed by atoms with E-state index in [1.807, 2.05) is 30.5 Å². The summed E-state index contributed by atoms with van der Waals surface area (Å²) in [5, 5.41) is 4.27. The minimum Gasteiger partial charge on any atom is -0.361 e. The van der Waals surface area contributed by atoms with Crippen LogP contribution in [0.4, 0.5) is 0 Å². The van der Waals surface area contributed by atoms with E-state index in [-0.39, 0.29) is 5.91 Å². The third kappa shape index (κ3) is 2.72. The van der Waals surface area contributed by atoms with Gasteiger partial charge >= 0.3 is 0 Å². The lowest BCUT2D eigenvalue weighted by molar-refractivity contribution is 0.0909. The maximum absolute atomic E-state index is 12.3. The van der Waals surface area contributed by atoms with E-state index < -0.39 is 0 Å². The number of benzene rings is 1. The molecule has 2 aromatic rings. The van der Waals surface area contributed by atoms with Crippen molar-refractivity contribution in [1.29, 1.82) is 0 Å². The first-order valence-corrected chi connectivity index (χ1v) is 7.42. The van der Waals surface area contributed by atoms with Crippen molar-refractivity contribution in [1.82, 2.24) is 10.3 Å². The van der Waals surface area contributed by atoms with E-state index in [1.54, 1.807) is 0 Å². The van der Waals surface area contributed by atoms with Crippen LogP contribution in [0.3, 0.4) is 0 Å². The van der Waals surface area contributed by atoms with E-state index in [2.05, 4.69) is 24.1 Å². The number of hydrogen-bond acceptors (Lipinski definition) is 1. The Morgan fingerprint density at radius 1 is 1.25 bits per heavy atom. The quantitative estimate of drug-likeness (QED) is 0.855. The highest BCUT2D eigenvalue weighted by atomic mass is 16.1. The second kappa shape index (κ2) is 4.97. The van der Waals surface area contributed by atoms with Crippen LogP contribution >= 0.6 is 0 Å². The molecule has 20 heavy (non-hydrogen) atoms. The van der Waals surface area contributed by atoms with Crippen LogP contribution in [0.1, 0.15) is 49.9 Å². The highest BCUT2D eigenvalue weighted by Gasteiger charge is 2.27. The van der Waals surface area contributed by atoms with Crippen LogP contribution in [0.15, 0.2) is 30.5 Å². The average Bonchev–Trinajstić information content (AvgIpc) is 2.88. The van der Waals surface area contributed by atoms with Crippen molar-refractivity contribution >= 4 is 16.8 Å². The van der Waals surface area contributed by atoms with Crippen molar-refractivity contribution in [2.24, 2.45) is 5.41 Å². The van der Waals surface area contributed by atoms with Gasteiger partial charge in [-0.1, -0.05) is 13.8 Å². The van der Waals surface area contributed by atoms with Crippen LogP contribution in [0.5, 0.6) is 0 Å². The third-order valence-electron chi connectivity index (χ3n) is 4.49. The molecule has 2 N–H and O–H groups in total. The Labute approximate surface area is 119 Å². The molecule has 1 fully saturated rings. The number of H-pyrrole nitrogens is 1. The van der Waals surface area contributed by atoms with Gasteiger partial charge in [-0.25, -0.2) is 0 Å². The molecular weight excluding hydrogens is 248 g/mol. The van der Waals surface area contributed by atoms with Crippen LogP contribution in [-0.2, 0) is 0 Å². The van der Waals surface area contributed by atoms with Gasteiger partial charge in [-0.15, -0.1) is 0 Å². The molecule has 1 aliphatic carbocycles. The first-order chi connectivity index (χ1) is 9.53. The van der Waals surface area contributed by atoms with Crippen molar-refractivity contribution in [3.63, 3.8) is 0 Å². The lowest BCUT2D eigenvalue weighted by Crippen LogP contribution is -2.39. The van der Waals surface area contributed by atoms with E-state index in [1.165, 1.54) is 12.8 Å². The van der Waals surface area contributed by atoms with Crippen LogP contribution < -0.4 is 5.32 Å². The normalized spacial score (nSPS) is 19.1. The zero-order valence-electron chi connectivity index (χ0n) is 12.2. The summed E-state index contributed by atoms with van der Waals surface area (Å²) in [5.41, 5.74) is 2.26. The highest BCUT2D eigenvalue weighted by Crippen LogP contribution is 2.35. The number of amides is 1. The largest absolute Gasteiger partial charge is 0.361 e. The number of fused-ring (bicyclic) bond motifs is 1. The maximum atomic E-state index is 12.3. The fraction of sp³-hybridized carbons (Fsp3) is 0.471. The molecule has 1 aromatic heterocycles. The van der Waals surface area contributed by atoms with Gasteiger partial charge in [0.15, 0.2) is 0 Å². The van der Waals surface area contributed by atoms with Gasteiger partial charge in [-0.3, -0.25) is 4.79 Å². The summed E-state index contributed by atoms with van der Waals surface area (Å²) in [7, 11) is 0. The summed E-state index contributed by atoms with van der Waals surface area (Å²) in [4.78, 5) is 15.5. The predicted octanol–water partition coefficient (Wildman–Crippen LogP) is 3.87. The molecule has 0 aliphatic heterocycles. The summed E-state index contributed by atoms with van der Waals surface area (Å²) in [5.74, 6) is 0.0535. The molecule has 1 aromatic carbocycles. The molecule has 1 aliphatic rings. The number of nitrogens with one attached hydrogen (secondary N) is 2. The molecule has 106 valence electrons. The molecule has 3 heteroatoms. The Balaban J connectivity index is 1.67. The summed E-state index contributed by atoms with van der Waals surface area (Å²) in [6, 6.07) is 8.13. The second-order valence-electron chi connectivity index (χ2n) is 6.69. The van der Waals surface area contributed by atoms with Gasteiger partial charge in [0.25, 0.3) is 5.91 Å². The number of rotatable bonds is 2. The zero-order chi connectivity index (χ0) is 14.2. The van der Waals surface area contributed by atoms with Gasteiger partial charge < -0.3 is 10.3 Å². The summed E-state index contributed by atoms with van der Waals surface area (Å²) >= 11 is 0. The molecule has 0 bridgehead atoms. The smallest absolute Gasteiger partial charge is 0.251 e. The summed E-state index contributed by atoms with van der Waals surface area (Å²) in [6.45, 7) is 4.62. The Kier molecular flexibility index (Phi) is 3.28. The minimum atomic E-state index is 0.0535. The fourth-order valence-electron chi connectivity index (χ4n) is 3.01. The Bertz CT molecular complexity index is 617. The van der Waals surface area contributed by atoms with Crippen molar-refractivity contribution in [3.05, 3.63) is 36.0 Å². The van der Waals surface area contributed by atoms with Gasteiger partial charge in [0, 0.05) is 28.7 Å². The van der Waals surface area contributed by atoms with E-state index in [9.17, 15) is 4.79 Å². The minimum absolute atomic E-state index is 0.0535. The van der Waals surface area contributed by atoms with Gasteiger partial charge in [0.2, 0.25) is 0 Å². The monoisotopic (exact) mass is 270 g/mol. The fourth-order valence-corrected chi connectivity index (χ4v) is 3.01. The number of aromatic nitrogens is 1. The molecule has 3 nitrogen and oxygen atoms in total. The number of aromatic amines is 1. The number of carbonyl (C=O) groups excluding carboxylic acids is 1. The molecule has 0 spiro atoms. The Morgan fingerprint density at radius 2 is 2.00 bits per heavy atom. The maximum Gasteiger partial charge on any atom is 0.251 e. The molecular formula is C17H22N2O. The zero-order valence-corrected chi connectivity index (χ0v) is 12.2. The molecule has 1 heterocycles. The van der Waals surface area contributed by atoms with Crippen LogP contribution in [-0.4, -0.2) is 16.9 Å². The van der Waals surface area contributed by atoms with Crippen LogP contribution in [0, 0.1) is 5.41 Å². The Hall–Kier alpha value is -1.77. The van der Waals surface area contributed by atoms with Gasteiger partial charge in [-0.05, 0) is 55.4 Å². The highest BCUT2D eigenvalue weighted by molar-refractivity contribution is 5.98. The van der Waals surface area contributed by atoms with E-state index in [0.717, 1.165) is 29.3 Å². The van der Waals surface area contributed by atoms with E-state index in [4.69, 9.17) is 0 Å².